The molecule has 1 aliphatic rings. The smallest absolute Gasteiger partial charge is 0.319 e. The number of likely N-dealkylation sites (tertiary alicyclic amines) is 1. The van der Waals surface area contributed by atoms with Crippen LogP contribution >= 0.6 is 0 Å². The van der Waals surface area contributed by atoms with E-state index in [-0.39, 0.29) is 29.7 Å². The molecule has 1 saturated heterocycles. The minimum Gasteiger partial charge on any atom is -0.497 e. The zero-order valence-electron chi connectivity index (χ0n) is 18.2. The lowest BCUT2D eigenvalue weighted by atomic mass is 9.88. The van der Waals surface area contributed by atoms with Crippen molar-refractivity contribution in [3.8, 4) is 5.75 Å². The highest BCUT2D eigenvalue weighted by atomic mass is 16.5. The van der Waals surface area contributed by atoms with E-state index in [1.165, 1.54) is 0 Å². The van der Waals surface area contributed by atoms with Gasteiger partial charge >= 0.3 is 6.03 Å². The van der Waals surface area contributed by atoms with Gasteiger partial charge in [0, 0.05) is 30.6 Å². The minimum atomic E-state index is -0.348. The monoisotopic (exact) mass is 423 g/mol. The van der Waals surface area contributed by atoms with Gasteiger partial charge in [0.1, 0.15) is 5.75 Å². The summed E-state index contributed by atoms with van der Waals surface area (Å²) >= 11 is 0. The van der Waals surface area contributed by atoms with Crippen LogP contribution in [0.1, 0.15) is 47.4 Å². The Morgan fingerprint density at radius 3 is 2.26 bits per heavy atom. The SMILES string of the molecule is COc1ccc(C(=O)C2CCN(C(=O)c3ccccc3NC(=O)NC(C)C)CC2)cc1. The molecule has 0 atom stereocenters. The van der Waals surface area contributed by atoms with Crippen molar-refractivity contribution >= 4 is 23.4 Å². The zero-order chi connectivity index (χ0) is 22.4. The first kappa shape index (κ1) is 22.3. The highest BCUT2D eigenvalue weighted by Gasteiger charge is 2.29. The van der Waals surface area contributed by atoms with Crippen LogP contribution in [-0.2, 0) is 0 Å². The number of para-hydroxylation sites is 1. The van der Waals surface area contributed by atoms with E-state index in [4.69, 9.17) is 4.74 Å². The highest BCUT2D eigenvalue weighted by Crippen LogP contribution is 2.25. The Kier molecular flexibility index (Phi) is 7.28. The van der Waals surface area contributed by atoms with Crippen LogP contribution in [0.2, 0.25) is 0 Å². The van der Waals surface area contributed by atoms with Crippen molar-refractivity contribution in [3.05, 3.63) is 59.7 Å². The number of ketones is 1. The van der Waals surface area contributed by atoms with E-state index < -0.39 is 0 Å². The molecule has 2 N–H and O–H groups in total. The number of hydrogen-bond acceptors (Lipinski definition) is 4. The summed E-state index contributed by atoms with van der Waals surface area (Å²) in [5.74, 6) is 0.562. The van der Waals surface area contributed by atoms with Gasteiger partial charge in [0.25, 0.3) is 5.91 Å². The molecule has 0 aromatic heterocycles. The molecule has 0 unspecified atom stereocenters. The summed E-state index contributed by atoms with van der Waals surface area (Å²) in [7, 11) is 1.59. The Labute approximate surface area is 182 Å². The van der Waals surface area contributed by atoms with Gasteiger partial charge in [0.05, 0.1) is 18.4 Å². The molecule has 7 nitrogen and oxygen atoms in total. The van der Waals surface area contributed by atoms with Crippen molar-refractivity contribution in [2.75, 3.05) is 25.5 Å². The topological polar surface area (TPSA) is 87.7 Å². The number of amides is 3. The average molecular weight is 424 g/mol. The van der Waals surface area contributed by atoms with E-state index in [2.05, 4.69) is 10.6 Å². The van der Waals surface area contributed by atoms with Gasteiger partial charge < -0.3 is 20.3 Å². The maximum atomic E-state index is 13.1. The second kappa shape index (κ2) is 10.1. The van der Waals surface area contributed by atoms with Gasteiger partial charge in [-0.2, -0.15) is 0 Å². The molecule has 3 rings (SSSR count). The van der Waals surface area contributed by atoms with Gasteiger partial charge in [-0.3, -0.25) is 9.59 Å². The maximum absolute atomic E-state index is 13.1. The summed E-state index contributed by atoms with van der Waals surface area (Å²) in [6.45, 7) is 4.73. The van der Waals surface area contributed by atoms with Crippen LogP contribution in [0.15, 0.2) is 48.5 Å². The van der Waals surface area contributed by atoms with Gasteiger partial charge in [-0.25, -0.2) is 4.79 Å². The Morgan fingerprint density at radius 2 is 1.65 bits per heavy atom. The molecule has 31 heavy (non-hydrogen) atoms. The van der Waals surface area contributed by atoms with Crippen molar-refractivity contribution < 1.29 is 19.1 Å². The number of hydrogen-bond donors (Lipinski definition) is 2. The number of carbonyl (C=O) groups is 3. The molecule has 0 spiro atoms. The van der Waals surface area contributed by atoms with Crippen LogP contribution in [0.25, 0.3) is 0 Å². The van der Waals surface area contributed by atoms with E-state index in [1.54, 1.807) is 60.5 Å². The molecule has 2 aromatic carbocycles. The van der Waals surface area contributed by atoms with Gasteiger partial charge in [-0.05, 0) is 63.1 Å². The lowest BCUT2D eigenvalue weighted by molar-refractivity contribution is 0.0651. The Bertz CT molecular complexity index is 932. The second-order valence-electron chi connectivity index (χ2n) is 7.96. The first-order valence-corrected chi connectivity index (χ1v) is 10.5. The number of rotatable bonds is 6. The van der Waals surface area contributed by atoms with Crippen molar-refractivity contribution in [2.24, 2.45) is 5.92 Å². The molecule has 0 bridgehead atoms. The number of carbonyl (C=O) groups excluding carboxylic acids is 3. The Hall–Kier alpha value is -3.35. The molecule has 0 radical (unpaired) electrons. The van der Waals surface area contributed by atoms with E-state index in [0.717, 1.165) is 0 Å². The maximum Gasteiger partial charge on any atom is 0.319 e. The van der Waals surface area contributed by atoms with Crippen LogP contribution in [0, 0.1) is 5.92 Å². The lowest BCUT2D eigenvalue weighted by Crippen LogP contribution is -2.41. The van der Waals surface area contributed by atoms with Crippen molar-refractivity contribution in [1.29, 1.82) is 0 Å². The third kappa shape index (κ3) is 5.63. The predicted molar refractivity (Wildman–Crippen MR) is 120 cm³/mol. The minimum absolute atomic E-state index is 0.00914. The quantitative estimate of drug-likeness (QED) is 0.689. The van der Waals surface area contributed by atoms with E-state index in [0.29, 0.717) is 48.5 Å². The number of nitrogens with zero attached hydrogens (tertiary/aromatic N) is 1. The standard InChI is InChI=1S/C24H29N3O4/c1-16(2)25-24(30)26-21-7-5-4-6-20(21)23(29)27-14-12-18(13-15-27)22(28)17-8-10-19(31-3)11-9-17/h4-11,16,18H,12-15H2,1-3H3,(H2,25,26,30). The number of urea groups is 1. The summed E-state index contributed by atoms with van der Waals surface area (Å²) in [5, 5.41) is 5.52. The number of nitrogens with one attached hydrogen (secondary N) is 2. The Balaban J connectivity index is 1.62. The number of benzene rings is 2. The molecule has 2 aromatic rings. The molecule has 1 fully saturated rings. The summed E-state index contributed by atoms with van der Waals surface area (Å²) in [5.41, 5.74) is 1.58. The largest absolute Gasteiger partial charge is 0.497 e. The number of ether oxygens (including phenoxy) is 1. The van der Waals surface area contributed by atoms with Crippen molar-refractivity contribution in [2.45, 2.75) is 32.7 Å². The normalized spacial score (nSPS) is 14.3. The van der Waals surface area contributed by atoms with Gasteiger partial charge in [-0.1, -0.05) is 12.1 Å². The van der Waals surface area contributed by atoms with Crippen LogP contribution in [-0.4, -0.2) is 48.9 Å². The first-order chi connectivity index (χ1) is 14.9. The van der Waals surface area contributed by atoms with E-state index in [9.17, 15) is 14.4 Å². The van der Waals surface area contributed by atoms with Crippen LogP contribution in [0.3, 0.4) is 0 Å². The molecule has 1 aliphatic heterocycles. The number of Topliss-reactive ketones (excluding diaryl/α,β-unsaturated/α-hetero) is 1. The molecule has 164 valence electrons. The van der Waals surface area contributed by atoms with Crippen LogP contribution in [0.5, 0.6) is 5.75 Å². The summed E-state index contributed by atoms with van der Waals surface area (Å²) in [4.78, 5) is 39.7. The van der Waals surface area contributed by atoms with Crippen LogP contribution in [0.4, 0.5) is 10.5 Å². The molecule has 0 aliphatic carbocycles. The lowest BCUT2D eigenvalue weighted by Gasteiger charge is -2.32. The fourth-order valence-electron chi connectivity index (χ4n) is 3.71. The van der Waals surface area contributed by atoms with Crippen molar-refractivity contribution in [1.82, 2.24) is 10.2 Å². The predicted octanol–water partition coefficient (Wildman–Crippen LogP) is 3.96. The van der Waals surface area contributed by atoms with Crippen molar-refractivity contribution in [3.63, 3.8) is 0 Å². The highest BCUT2D eigenvalue weighted by molar-refractivity contribution is 6.03. The van der Waals surface area contributed by atoms with Crippen LogP contribution < -0.4 is 15.4 Å². The molecule has 7 heteroatoms. The second-order valence-corrected chi connectivity index (χ2v) is 7.96. The van der Waals surface area contributed by atoms with Gasteiger partial charge in [0.2, 0.25) is 0 Å². The van der Waals surface area contributed by atoms with E-state index >= 15 is 0 Å². The summed E-state index contributed by atoms with van der Waals surface area (Å²) in [6, 6.07) is 13.8. The number of piperidine rings is 1. The zero-order valence-corrected chi connectivity index (χ0v) is 18.2. The van der Waals surface area contributed by atoms with Gasteiger partial charge in [0.15, 0.2) is 5.78 Å². The average Bonchev–Trinajstić information content (AvgIpc) is 2.78. The molecule has 3 amide bonds. The molecule has 0 saturated carbocycles. The molecular weight excluding hydrogens is 394 g/mol. The third-order valence-electron chi connectivity index (χ3n) is 5.35. The number of methoxy groups -OCH3 is 1. The fraction of sp³-hybridized carbons (Fsp3) is 0.375. The van der Waals surface area contributed by atoms with Gasteiger partial charge in [-0.15, -0.1) is 0 Å². The summed E-state index contributed by atoms with van der Waals surface area (Å²) in [6.07, 6.45) is 1.22. The number of anilines is 1. The Morgan fingerprint density at radius 1 is 1.00 bits per heavy atom. The summed E-state index contributed by atoms with van der Waals surface area (Å²) < 4.78 is 5.14. The molecule has 1 heterocycles. The first-order valence-electron chi connectivity index (χ1n) is 10.5. The fourth-order valence-corrected chi connectivity index (χ4v) is 3.71. The third-order valence-corrected chi connectivity index (χ3v) is 5.35. The van der Waals surface area contributed by atoms with E-state index in [1.807, 2.05) is 13.8 Å². The molecular formula is C24H29N3O4.